The largest absolute Gasteiger partial charge is 0.334 e. The van der Waals surface area contributed by atoms with E-state index in [1.807, 2.05) is 31.2 Å². The molecule has 2 amide bonds. The number of rotatable bonds is 4. The van der Waals surface area contributed by atoms with Gasteiger partial charge in [-0.15, -0.1) is 0 Å². The zero-order chi connectivity index (χ0) is 19.9. The van der Waals surface area contributed by atoms with Gasteiger partial charge in [0.2, 0.25) is 10.0 Å². The summed E-state index contributed by atoms with van der Waals surface area (Å²) >= 11 is 5.86. The van der Waals surface area contributed by atoms with E-state index in [0.717, 1.165) is 17.5 Å². The van der Waals surface area contributed by atoms with Gasteiger partial charge in [-0.2, -0.15) is 4.31 Å². The monoisotopic (exact) mass is 419 g/mol. The third kappa shape index (κ3) is 3.27. The summed E-state index contributed by atoms with van der Waals surface area (Å²) in [5.74, 6) is 0. The van der Waals surface area contributed by atoms with Gasteiger partial charge in [-0.1, -0.05) is 35.9 Å². The number of amides is 2. The normalized spacial score (nSPS) is 18.4. The number of hydrogen-bond donors (Lipinski definition) is 1. The zero-order valence-corrected chi connectivity index (χ0v) is 17.1. The summed E-state index contributed by atoms with van der Waals surface area (Å²) in [5.41, 5.74) is 1.72. The summed E-state index contributed by atoms with van der Waals surface area (Å²) < 4.78 is 27.4. The summed E-state index contributed by atoms with van der Waals surface area (Å²) in [6, 6.07) is 13.9. The molecule has 2 aromatic carbocycles. The maximum Gasteiger partial charge on any atom is 0.317 e. The number of aryl methyl sites for hydroxylation is 1. The summed E-state index contributed by atoms with van der Waals surface area (Å²) in [6.07, 6.45) is 0.765. The van der Waals surface area contributed by atoms with E-state index >= 15 is 0 Å². The van der Waals surface area contributed by atoms with Crippen LogP contribution < -0.4 is 5.32 Å². The Morgan fingerprint density at radius 3 is 2.43 bits per heavy atom. The van der Waals surface area contributed by atoms with Crippen molar-refractivity contribution in [2.45, 2.75) is 30.3 Å². The fourth-order valence-corrected chi connectivity index (χ4v) is 5.75. The molecule has 0 aromatic heterocycles. The zero-order valence-electron chi connectivity index (χ0n) is 15.6. The molecule has 0 atom stereocenters. The first kappa shape index (κ1) is 19.2. The third-order valence-corrected chi connectivity index (χ3v) is 7.93. The molecule has 1 spiro atoms. The highest BCUT2D eigenvalue weighted by Crippen LogP contribution is 2.42. The van der Waals surface area contributed by atoms with Crippen LogP contribution in [0.1, 0.15) is 17.5 Å². The van der Waals surface area contributed by atoms with Gasteiger partial charge in [-0.3, -0.25) is 0 Å². The molecule has 2 fully saturated rings. The average molecular weight is 420 g/mol. The van der Waals surface area contributed by atoms with E-state index in [1.165, 1.54) is 16.4 Å². The number of carbonyl (C=O) groups is 1. The second-order valence-electron chi connectivity index (χ2n) is 7.45. The molecular weight excluding hydrogens is 398 g/mol. The van der Waals surface area contributed by atoms with E-state index < -0.39 is 15.6 Å². The first-order valence-electron chi connectivity index (χ1n) is 9.18. The van der Waals surface area contributed by atoms with Crippen LogP contribution in [0.15, 0.2) is 53.4 Å². The summed E-state index contributed by atoms with van der Waals surface area (Å²) in [7, 11) is -3.58. The number of halogens is 1. The Labute approximate surface area is 170 Å². The van der Waals surface area contributed by atoms with Gasteiger partial charge in [-0.05, 0) is 48.7 Å². The topological polar surface area (TPSA) is 69.7 Å². The van der Waals surface area contributed by atoms with Crippen LogP contribution in [0.3, 0.4) is 0 Å². The number of urea groups is 1. The second-order valence-corrected chi connectivity index (χ2v) is 9.75. The Morgan fingerprint density at radius 1 is 1.14 bits per heavy atom. The van der Waals surface area contributed by atoms with Crippen molar-refractivity contribution in [3.05, 3.63) is 64.7 Å². The molecule has 28 heavy (non-hydrogen) atoms. The quantitative estimate of drug-likeness (QED) is 0.828. The highest BCUT2D eigenvalue weighted by molar-refractivity contribution is 7.89. The number of hydrogen-bond acceptors (Lipinski definition) is 3. The molecule has 8 heteroatoms. The lowest BCUT2D eigenvalue weighted by molar-refractivity contribution is -0.0501. The second kappa shape index (κ2) is 7.06. The van der Waals surface area contributed by atoms with Crippen molar-refractivity contribution in [1.29, 1.82) is 0 Å². The predicted molar refractivity (Wildman–Crippen MR) is 108 cm³/mol. The van der Waals surface area contributed by atoms with E-state index in [2.05, 4.69) is 5.32 Å². The van der Waals surface area contributed by atoms with Crippen LogP contribution in [0, 0.1) is 6.92 Å². The molecule has 1 N–H and O–H groups in total. The van der Waals surface area contributed by atoms with Crippen LogP contribution in [0.5, 0.6) is 0 Å². The number of nitrogens with zero attached hydrogens (tertiary/aromatic N) is 2. The van der Waals surface area contributed by atoms with Crippen LogP contribution in [-0.4, -0.2) is 48.8 Å². The van der Waals surface area contributed by atoms with Gasteiger partial charge in [0.25, 0.3) is 0 Å². The van der Waals surface area contributed by atoms with Crippen LogP contribution in [0.25, 0.3) is 0 Å². The van der Waals surface area contributed by atoms with Gasteiger partial charge in [0.15, 0.2) is 0 Å². The molecule has 2 aromatic rings. The summed E-state index contributed by atoms with van der Waals surface area (Å²) in [5, 5.41) is 3.42. The van der Waals surface area contributed by atoms with E-state index in [0.29, 0.717) is 31.2 Å². The molecule has 0 aliphatic carbocycles. The van der Waals surface area contributed by atoms with E-state index in [9.17, 15) is 13.2 Å². The number of benzene rings is 2. The third-order valence-electron chi connectivity index (χ3n) is 5.66. The standard InChI is InChI=1S/C20H22ClN3O3S/c1-15-4-2-3-5-16(15)12-22-19(25)23-13-20(14-23)10-11-24(20)28(26,27)18-8-6-17(21)7-9-18/h2-9H,10-14H2,1H3,(H,22,25). The lowest BCUT2D eigenvalue weighted by Gasteiger charge is -2.61. The minimum Gasteiger partial charge on any atom is -0.334 e. The van der Waals surface area contributed by atoms with Gasteiger partial charge in [-0.25, -0.2) is 13.2 Å². The Balaban J connectivity index is 1.38. The molecule has 2 aliphatic heterocycles. The molecule has 148 valence electrons. The highest BCUT2D eigenvalue weighted by Gasteiger charge is 2.59. The van der Waals surface area contributed by atoms with E-state index in [-0.39, 0.29) is 10.9 Å². The molecule has 2 heterocycles. The number of carbonyl (C=O) groups excluding carboxylic acids is 1. The summed E-state index contributed by atoms with van der Waals surface area (Å²) in [4.78, 5) is 14.3. The molecule has 2 saturated heterocycles. The molecule has 0 saturated carbocycles. The highest BCUT2D eigenvalue weighted by atomic mass is 35.5. The van der Waals surface area contributed by atoms with Crippen LogP contribution in [0.2, 0.25) is 5.02 Å². The van der Waals surface area contributed by atoms with Gasteiger partial charge >= 0.3 is 6.03 Å². The molecule has 6 nitrogen and oxygen atoms in total. The van der Waals surface area contributed by atoms with Crippen LogP contribution >= 0.6 is 11.6 Å². The Morgan fingerprint density at radius 2 is 1.82 bits per heavy atom. The fourth-order valence-electron chi connectivity index (χ4n) is 3.84. The van der Waals surface area contributed by atoms with Crippen molar-refractivity contribution in [2.75, 3.05) is 19.6 Å². The minimum absolute atomic E-state index is 0.162. The van der Waals surface area contributed by atoms with Crippen molar-refractivity contribution in [3.8, 4) is 0 Å². The predicted octanol–water partition coefficient (Wildman–Crippen LogP) is 3.01. The van der Waals surface area contributed by atoms with Crippen molar-refractivity contribution in [2.24, 2.45) is 0 Å². The SMILES string of the molecule is Cc1ccccc1CNC(=O)N1CC2(CCN2S(=O)(=O)c2ccc(Cl)cc2)C1. The maximum atomic E-state index is 12.9. The van der Waals surface area contributed by atoms with Crippen molar-refractivity contribution >= 4 is 27.7 Å². The van der Waals surface area contributed by atoms with Crippen molar-refractivity contribution < 1.29 is 13.2 Å². The summed E-state index contributed by atoms with van der Waals surface area (Å²) in [6.45, 7) is 3.78. The van der Waals surface area contributed by atoms with Gasteiger partial charge in [0.1, 0.15) is 0 Å². The van der Waals surface area contributed by atoms with E-state index in [1.54, 1.807) is 17.0 Å². The molecule has 0 radical (unpaired) electrons. The molecule has 0 unspecified atom stereocenters. The number of sulfonamides is 1. The number of likely N-dealkylation sites (tertiary alicyclic amines) is 1. The Bertz CT molecular complexity index is 1000. The molecule has 2 aliphatic rings. The lowest BCUT2D eigenvalue weighted by atomic mass is 9.80. The van der Waals surface area contributed by atoms with Gasteiger partial charge in [0, 0.05) is 31.2 Å². The fraction of sp³-hybridized carbons (Fsp3) is 0.350. The van der Waals surface area contributed by atoms with Crippen molar-refractivity contribution in [1.82, 2.24) is 14.5 Å². The van der Waals surface area contributed by atoms with Crippen LogP contribution in [0.4, 0.5) is 4.79 Å². The molecule has 0 bridgehead atoms. The van der Waals surface area contributed by atoms with Gasteiger partial charge in [0.05, 0.1) is 10.4 Å². The first-order chi connectivity index (χ1) is 13.3. The Kier molecular flexibility index (Phi) is 4.85. The number of nitrogens with one attached hydrogen (secondary N) is 1. The van der Waals surface area contributed by atoms with Crippen LogP contribution in [-0.2, 0) is 16.6 Å². The first-order valence-corrected chi connectivity index (χ1v) is 11.0. The smallest absolute Gasteiger partial charge is 0.317 e. The maximum absolute atomic E-state index is 12.9. The Hall–Kier alpha value is -2.09. The van der Waals surface area contributed by atoms with E-state index in [4.69, 9.17) is 11.6 Å². The van der Waals surface area contributed by atoms with Gasteiger partial charge < -0.3 is 10.2 Å². The average Bonchev–Trinajstić information content (AvgIpc) is 2.59. The lowest BCUT2D eigenvalue weighted by Crippen LogP contribution is -2.78. The minimum atomic E-state index is -3.58. The molecule has 4 rings (SSSR count). The molecular formula is C20H22ClN3O3S. The van der Waals surface area contributed by atoms with Crippen molar-refractivity contribution in [3.63, 3.8) is 0 Å².